The van der Waals surface area contributed by atoms with Crippen molar-refractivity contribution in [2.24, 2.45) is 0 Å². The molecule has 1 aromatic rings. The van der Waals surface area contributed by atoms with Gasteiger partial charge in [-0.1, -0.05) is 0 Å². The standard InChI is InChI=1S/C6H5NO3/c8-6-3-1-5(2-4-6)7(9)10/h1-4,8H/i1D,2D,3D,4D. The minimum absolute atomic E-state index is 0.808. The lowest BCUT2D eigenvalue weighted by Gasteiger charge is -1.89. The van der Waals surface area contributed by atoms with Gasteiger partial charge in [-0.25, -0.2) is 0 Å². The summed E-state index contributed by atoms with van der Waals surface area (Å²) in [6.07, 6.45) is 0. The number of phenolic OH excluding ortho intramolecular Hbond substituents is 1. The van der Waals surface area contributed by atoms with Crippen molar-refractivity contribution in [3.63, 3.8) is 0 Å². The molecule has 0 spiro atoms. The van der Waals surface area contributed by atoms with Crippen molar-refractivity contribution in [1.82, 2.24) is 0 Å². The summed E-state index contributed by atoms with van der Waals surface area (Å²) in [6.45, 7) is 0. The Balaban J connectivity index is 3.68. The molecule has 0 aliphatic heterocycles. The predicted octanol–water partition coefficient (Wildman–Crippen LogP) is 1.30. The zero-order chi connectivity index (χ0) is 11.0. The van der Waals surface area contributed by atoms with Gasteiger partial charge in [-0.05, 0) is 12.1 Å². The molecule has 52 valence electrons. The maximum atomic E-state index is 10.4. The predicted molar refractivity (Wildman–Crippen MR) is 34.8 cm³/mol. The molecule has 0 aliphatic rings. The lowest BCUT2D eigenvalue weighted by Crippen LogP contribution is -1.85. The second-order valence-corrected chi connectivity index (χ2v) is 1.45. The maximum absolute atomic E-state index is 10.4. The van der Waals surface area contributed by atoms with E-state index in [1.165, 1.54) is 0 Å². The number of rotatable bonds is 1. The second kappa shape index (κ2) is 2.34. The highest BCUT2D eigenvalue weighted by molar-refractivity contribution is 5.34. The molecule has 0 saturated heterocycles. The topological polar surface area (TPSA) is 63.4 Å². The molecule has 0 bridgehead atoms. The lowest BCUT2D eigenvalue weighted by molar-refractivity contribution is -0.384. The van der Waals surface area contributed by atoms with Crippen LogP contribution in [0.4, 0.5) is 5.69 Å². The number of aromatic hydroxyl groups is 1. The van der Waals surface area contributed by atoms with E-state index in [1.54, 1.807) is 0 Å². The van der Waals surface area contributed by atoms with Gasteiger partial charge < -0.3 is 5.11 Å². The van der Waals surface area contributed by atoms with Gasteiger partial charge in [0.15, 0.2) is 0 Å². The molecular weight excluding hydrogens is 134 g/mol. The third-order valence-corrected chi connectivity index (χ3v) is 0.781. The smallest absolute Gasteiger partial charge is 0.269 e. The number of nitro benzene ring substituents is 1. The monoisotopic (exact) mass is 143 g/mol. The van der Waals surface area contributed by atoms with E-state index in [0.29, 0.717) is 0 Å². The Bertz CT molecular complexity index is 391. The Hall–Kier alpha value is -1.58. The zero-order valence-corrected chi connectivity index (χ0v) is 4.71. The first kappa shape index (κ1) is 3.01. The molecule has 10 heavy (non-hydrogen) atoms. The fourth-order valence-corrected chi connectivity index (χ4v) is 0.391. The molecule has 4 nitrogen and oxygen atoms in total. The molecule has 4 heteroatoms. The Morgan fingerprint density at radius 1 is 1.50 bits per heavy atom. The van der Waals surface area contributed by atoms with Crippen molar-refractivity contribution in [2.45, 2.75) is 0 Å². The number of nitro groups is 1. The van der Waals surface area contributed by atoms with Crippen LogP contribution in [-0.2, 0) is 0 Å². The van der Waals surface area contributed by atoms with Gasteiger partial charge in [0, 0.05) is 12.1 Å². The number of nitrogens with zero attached hydrogens (tertiary/aromatic N) is 1. The quantitative estimate of drug-likeness (QED) is 0.476. The van der Waals surface area contributed by atoms with Gasteiger partial charge in [-0.3, -0.25) is 10.1 Å². The summed E-state index contributed by atoms with van der Waals surface area (Å²) in [5, 5.41) is 19.4. The van der Waals surface area contributed by atoms with Crippen molar-refractivity contribution in [3.8, 4) is 5.75 Å². The van der Waals surface area contributed by atoms with Crippen LogP contribution in [0.2, 0.25) is 0 Å². The molecule has 0 aromatic heterocycles. The Labute approximate surface area is 62.5 Å². The highest BCUT2D eigenvalue weighted by Gasteiger charge is 2.01. The molecule has 1 rings (SSSR count). The SMILES string of the molecule is [2H]c1c([2H])c([N+](=O)[O-])c([2H])c([2H])c1O. The Morgan fingerprint density at radius 3 is 2.40 bits per heavy atom. The van der Waals surface area contributed by atoms with Gasteiger partial charge in [0.1, 0.15) is 5.75 Å². The summed E-state index contributed by atoms with van der Waals surface area (Å²) in [5.41, 5.74) is -0.933. The molecule has 0 amide bonds. The average Bonchev–Trinajstić information content (AvgIpc) is 2.11. The molecule has 1 aromatic carbocycles. The van der Waals surface area contributed by atoms with Crippen molar-refractivity contribution in [3.05, 3.63) is 34.3 Å². The van der Waals surface area contributed by atoms with Crippen LogP contribution in [0.25, 0.3) is 0 Å². The van der Waals surface area contributed by atoms with Gasteiger partial charge in [-0.2, -0.15) is 0 Å². The molecule has 0 heterocycles. The number of benzene rings is 1. The van der Waals surface area contributed by atoms with E-state index in [-0.39, 0.29) is 0 Å². The molecule has 0 saturated carbocycles. The fourth-order valence-electron chi connectivity index (χ4n) is 0.391. The van der Waals surface area contributed by atoms with Crippen LogP contribution >= 0.6 is 0 Å². The van der Waals surface area contributed by atoms with E-state index >= 15 is 0 Å². The minimum Gasteiger partial charge on any atom is -0.508 e. The summed E-state index contributed by atoms with van der Waals surface area (Å²) in [6, 6.07) is -3.32. The van der Waals surface area contributed by atoms with Gasteiger partial charge in [0.2, 0.25) is 0 Å². The van der Waals surface area contributed by atoms with Crippen LogP contribution in [0.3, 0.4) is 0 Å². The summed E-state index contributed by atoms with van der Waals surface area (Å²) in [4.78, 5) is 9.36. The van der Waals surface area contributed by atoms with Crippen molar-refractivity contribution in [2.75, 3.05) is 0 Å². The molecule has 0 aliphatic carbocycles. The number of phenols is 1. The summed E-state index contributed by atoms with van der Waals surface area (Å²) < 4.78 is 28.4. The van der Waals surface area contributed by atoms with Crippen LogP contribution in [0.5, 0.6) is 5.75 Å². The van der Waals surface area contributed by atoms with Crippen molar-refractivity contribution in [1.29, 1.82) is 0 Å². The van der Waals surface area contributed by atoms with Crippen LogP contribution < -0.4 is 0 Å². The van der Waals surface area contributed by atoms with E-state index in [9.17, 15) is 10.1 Å². The van der Waals surface area contributed by atoms with Crippen LogP contribution in [0.15, 0.2) is 24.2 Å². The van der Waals surface area contributed by atoms with Crippen molar-refractivity contribution >= 4 is 5.69 Å². The van der Waals surface area contributed by atoms with Crippen LogP contribution in [-0.4, -0.2) is 10.0 Å². The van der Waals surface area contributed by atoms with E-state index in [4.69, 9.17) is 10.6 Å². The molecule has 0 fully saturated rings. The van der Waals surface area contributed by atoms with Crippen molar-refractivity contribution < 1.29 is 15.5 Å². The first-order chi connectivity index (χ1) is 6.37. The molecule has 0 radical (unpaired) electrons. The third kappa shape index (κ3) is 1.22. The molecule has 0 unspecified atom stereocenters. The molecule has 0 atom stereocenters. The van der Waals surface area contributed by atoms with E-state index in [2.05, 4.69) is 0 Å². The first-order valence-corrected chi connectivity index (χ1v) is 2.31. The summed E-state index contributed by atoms with van der Waals surface area (Å²) in [5.74, 6) is -0.884. The first-order valence-electron chi connectivity index (χ1n) is 4.31. The Kier molecular flexibility index (Phi) is 0.705. The lowest BCUT2D eigenvalue weighted by atomic mass is 10.3. The van der Waals surface area contributed by atoms with Gasteiger partial charge in [0.05, 0.1) is 10.4 Å². The second-order valence-electron chi connectivity index (χ2n) is 1.45. The molecule has 1 N–H and O–H groups in total. The molecular formula is C6H5NO3. The summed E-state index contributed by atoms with van der Waals surface area (Å²) >= 11 is 0. The third-order valence-electron chi connectivity index (χ3n) is 0.781. The van der Waals surface area contributed by atoms with Crippen LogP contribution in [0.1, 0.15) is 5.48 Å². The zero-order valence-electron chi connectivity index (χ0n) is 8.71. The normalized spacial score (nSPS) is 14.8. The maximum Gasteiger partial charge on any atom is 0.269 e. The highest BCUT2D eigenvalue weighted by Crippen LogP contribution is 2.14. The van der Waals surface area contributed by atoms with E-state index in [0.717, 1.165) is 0 Å². The summed E-state index contributed by atoms with van der Waals surface area (Å²) in [7, 11) is 0. The highest BCUT2D eigenvalue weighted by atomic mass is 16.6. The van der Waals surface area contributed by atoms with E-state index < -0.39 is 40.5 Å². The number of hydrogen-bond acceptors (Lipinski definition) is 3. The Morgan fingerprint density at radius 2 is 2.00 bits per heavy atom. The minimum atomic E-state index is -1.01. The van der Waals surface area contributed by atoms with Crippen LogP contribution in [0, 0.1) is 10.1 Å². The fraction of sp³-hybridized carbons (Fsp3) is 0. The van der Waals surface area contributed by atoms with Gasteiger partial charge in [-0.15, -0.1) is 0 Å². The largest absolute Gasteiger partial charge is 0.508 e. The van der Waals surface area contributed by atoms with Gasteiger partial charge in [0.25, 0.3) is 5.69 Å². The van der Waals surface area contributed by atoms with E-state index in [1.807, 2.05) is 0 Å². The average molecular weight is 143 g/mol. The van der Waals surface area contributed by atoms with Gasteiger partial charge >= 0.3 is 0 Å². The number of hydrogen-bond donors (Lipinski definition) is 1.